The van der Waals surface area contributed by atoms with Crippen molar-refractivity contribution in [1.29, 1.82) is 0 Å². The van der Waals surface area contributed by atoms with Crippen LogP contribution in [0.25, 0.3) is 0 Å². The van der Waals surface area contributed by atoms with Crippen molar-refractivity contribution < 1.29 is 9.32 Å². The van der Waals surface area contributed by atoms with Crippen LogP contribution in [0.2, 0.25) is 0 Å². The van der Waals surface area contributed by atoms with Crippen LogP contribution in [0.3, 0.4) is 0 Å². The monoisotopic (exact) mass is 275 g/mol. The summed E-state index contributed by atoms with van der Waals surface area (Å²) in [5.74, 6) is 1.69. The van der Waals surface area contributed by atoms with Crippen LogP contribution in [0.5, 0.6) is 0 Å². The summed E-state index contributed by atoms with van der Waals surface area (Å²) >= 11 is 0. The molecule has 0 fully saturated rings. The Morgan fingerprint density at radius 1 is 1.40 bits per heavy atom. The fourth-order valence-electron chi connectivity index (χ4n) is 1.64. The maximum atomic E-state index is 11.9. The van der Waals surface area contributed by atoms with Crippen molar-refractivity contribution in [2.24, 2.45) is 0 Å². The van der Waals surface area contributed by atoms with Crippen LogP contribution >= 0.6 is 0 Å². The molecule has 0 aliphatic heterocycles. The van der Waals surface area contributed by atoms with Gasteiger partial charge in [-0.05, 0) is 26.0 Å². The number of anilines is 1. The Balaban J connectivity index is 1.82. The van der Waals surface area contributed by atoms with Crippen molar-refractivity contribution in [3.63, 3.8) is 0 Å². The second-order valence-electron chi connectivity index (χ2n) is 4.20. The molecule has 2 N–H and O–H groups in total. The highest BCUT2D eigenvalue weighted by molar-refractivity contribution is 5.94. The molecule has 2 aromatic rings. The standard InChI is InChI=1S/C13H17N5O2/c1-3-14-11-5-4-10(8-16-11)13(19)15-7-6-12-17-9(2)18-20-12/h4-5,8H,3,6-7H2,1-2H3,(H,14,16)(H,15,19). The molecule has 0 saturated heterocycles. The van der Waals surface area contributed by atoms with E-state index in [9.17, 15) is 4.79 Å². The van der Waals surface area contributed by atoms with Gasteiger partial charge in [0.2, 0.25) is 5.89 Å². The van der Waals surface area contributed by atoms with E-state index >= 15 is 0 Å². The van der Waals surface area contributed by atoms with Crippen molar-refractivity contribution in [2.45, 2.75) is 20.3 Å². The molecule has 2 heterocycles. The molecule has 1 amide bonds. The molecule has 0 saturated carbocycles. The number of hydrogen-bond acceptors (Lipinski definition) is 6. The number of nitrogens with zero attached hydrogens (tertiary/aromatic N) is 3. The number of carbonyl (C=O) groups is 1. The van der Waals surface area contributed by atoms with E-state index in [-0.39, 0.29) is 5.91 Å². The van der Waals surface area contributed by atoms with Gasteiger partial charge in [0, 0.05) is 25.7 Å². The predicted octanol–water partition coefficient (Wildman–Crippen LogP) is 1.18. The smallest absolute Gasteiger partial charge is 0.252 e. The second kappa shape index (κ2) is 6.65. The van der Waals surface area contributed by atoms with Gasteiger partial charge in [0.25, 0.3) is 5.91 Å². The number of rotatable bonds is 6. The number of carbonyl (C=O) groups excluding carboxylic acids is 1. The van der Waals surface area contributed by atoms with E-state index in [0.29, 0.717) is 30.2 Å². The summed E-state index contributed by atoms with van der Waals surface area (Å²) < 4.78 is 4.96. The maximum absolute atomic E-state index is 11.9. The molecule has 7 nitrogen and oxygen atoms in total. The van der Waals surface area contributed by atoms with Crippen LogP contribution in [0, 0.1) is 6.92 Å². The molecule has 0 atom stereocenters. The SMILES string of the molecule is CCNc1ccc(C(=O)NCCc2nc(C)no2)cn1. The van der Waals surface area contributed by atoms with Gasteiger partial charge in [-0.1, -0.05) is 5.16 Å². The van der Waals surface area contributed by atoms with Gasteiger partial charge in [0.15, 0.2) is 5.82 Å². The maximum Gasteiger partial charge on any atom is 0.252 e. The highest BCUT2D eigenvalue weighted by Gasteiger charge is 2.07. The Morgan fingerprint density at radius 3 is 2.85 bits per heavy atom. The molecule has 106 valence electrons. The molecule has 0 unspecified atom stereocenters. The third kappa shape index (κ3) is 3.78. The topological polar surface area (TPSA) is 92.9 Å². The number of hydrogen-bond donors (Lipinski definition) is 2. The molecule has 0 spiro atoms. The zero-order chi connectivity index (χ0) is 14.4. The summed E-state index contributed by atoms with van der Waals surface area (Å²) in [5.41, 5.74) is 0.522. The fraction of sp³-hybridized carbons (Fsp3) is 0.385. The summed E-state index contributed by atoms with van der Waals surface area (Å²) in [7, 11) is 0. The van der Waals surface area contributed by atoms with Gasteiger partial charge in [-0.3, -0.25) is 4.79 Å². The average Bonchev–Trinajstić information content (AvgIpc) is 2.85. The number of nitrogens with one attached hydrogen (secondary N) is 2. The van der Waals surface area contributed by atoms with E-state index in [1.807, 2.05) is 6.92 Å². The largest absolute Gasteiger partial charge is 0.370 e. The zero-order valence-corrected chi connectivity index (χ0v) is 11.5. The first-order valence-electron chi connectivity index (χ1n) is 6.46. The average molecular weight is 275 g/mol. The Morgan fingerprint density at radius 2 is 2.25 bits per heavy atom. The van der Waals surface area contributed by atoms with Crippen LogP contribution in [0.4, 0.5) is 5.82 Å². The first-order valence-corrected chi connectivity index (χ1v) is 6.46. The van der Waals surface area contributed by atoms with E-state index in [2.05, 4.69) is 25.8 Å². The van der Waals surface area contributed by atoms with E-state index < -0.39 is 0 Å². The van der Waals surface area contributed by atoms with Crippen molar-refractivity contribution in [3.05, 3.63) is 35.6 Å². The van der Waals surface area contributed by atoms with E-state index in [1.165, 1.54) is 0 Å². The molecular weight excluding hydrogens is 258 g/mol. The highest BCUT2D eigenvalue weighted by atomic mass is 16.5. The number of pyridine rings is 1. The molecule has 0 aromatic carbocycles. The first kappa shape index (κ1) is 14.0. The lowest BCUT2D eigenvalue weighted by atomic mass is 10.2. The summed E-state index contributed by atoms with van der Waals surface area (Å²) in [6.45, 7) is 4.97. The lowest BCUT2D eigenvalue weighted by Crippen LogP contribution is -2.25. The Bertz CT molecular complexity index is 564. The Hall–Kier alpha value is -2.44. The van der Waals surface area contributed by atoms with Crippen LogP contribution in [-0.2, 0) is 6.42 Å². The third-order valence-electron chi connectivity index (χ3n) is 2.58. The fourth-order valence-corrected chi connectivity index (χ4v) is 1.64. The van der Waals surface area contributed by atoms with E-state index in [4.69, 9.17) is 4.52 Å². The van der Waals surface area contributed by atoms with Crippen molar-refractivity contribution >= 4 is 11.7 Å². The van der Waals surface area contributed by atoms with Crippen LogP contribution in [-0.4, -0.2) is 34.1 Å². The molecule has 2 rings (SSSR count). The summed E-state index contributed by atoms with van der Waals surface area (Å²) in [6.07, 6.45) is 2.06. The van der Waals surface area contributed by atoms with E-state index in [0.717, 1.165) is 12.4 Å². The molecule has 20 heavy (non-hydrogen) atoms. The molecule has 0 aliphatic carbocycles. The summed E-state index contributed by atoms with van der Waals surface area (Å²) in [6, 6.07) is 3.51. The van der Waals surface area contributed by atoms with Gasteiger partial charge in [0.1, 0.15) is 5.82 Å². The van der Waals surface area contributed by atoms with Crippen molar-refractivity contribution in [2.75, 3.05) is 18.4 Å². The Kier molecular flexibility index (Phi) is 4.65. The molecular formula is C13H17N5O2. The lowest BCUT2D eigenvalue weighted by molar-refractivity contribution is 0.0953. The lowest BCUT2D eigenvalue weighted by Gasteiger charge is -2.05. The van der Waals surface area contributed by atoms with Crippen molar-refractivity contribution in [3.8, 4) is 0 Å². The number of aromatic nitrogens is 3. The highest BCUT2D eigenvalue weighted by Crippen LogP contribution is 2.04. The van der Waals surface area contributed by atoms with Gasteiger partial charge in [-0.25, -0.2) is 4.98 Å². The van der Waals surface area contributed by atoms with Crippen LogP contribution < -0.4 is 10.6 Å². The molecule has 0 aliphatic rings. The summed E-state index contributed by atoms with van der Waals surface area (Å²) in [5, 5.41) is 9.54. The predicted molar refractivity (Wildman–Crippen MR) is 73.5 cm³/mol. The normalized spacial score (nSPS) is 10.3. The van der Waals surface area contributed by atoms with Crippen molar-refractivity contribution in [1.82, 2.24) is 20.4 Å². The quantitative estimate of drug-likeness (QED) is 0.822. The number of amides is 1. The van der Waals surface area contributed by atoms with Gasteiger partial charge in [0.05, 0.1) is 5.56 Å². The molecule has 7 heteroatoms. The minimum atomic E-state index is -0.170. The third-order valence-corrected chi connectivity index (χ3v) is 2.58. The second-order valence-corrected chi connectivity index (χ2v) is 4.20. The zero-order valence-electron chi connectivity index (χ0n) is 11.5. The molecule has 0 radical (unpaired) electrons. The minimum absolute atomic E-state index is 0.170. The Labute approximate surface area is 116 Å². The number of aryl methyl sites for hydroxylation is 1. The molecule has 2 aromatic heterocycles. The van der Waals surface area contributed by atoms with Crippen LogP contribution in [0.15, 0.2) is 22.9 Å². The first-order chi connectivity index (χ1) is 9.69. The van der Waals surface area contributed by atoms with Crippen LogP contribution in [0.1, 0.15) is 29.0 Å². The van der Waals surface area contributed by atoms with E-state index in [1.54, 1.807) is 25.3 Å². The summed E-state index contributed by atoms with van der Waals surface area (Å²) in [4.78, 5) is 20.1. The van der Waals surface area contributed by atoms with Gasteiger partial charge in [-0.15, -0.1) is 0 Å². The minimum Gasteiger partial charge on any atom is -0.370 e. The van der Waals surface area contributed by atoms with Gasteiger partial charge in [-0.2, -0.15) is 4.98 Å². The van der Waals surface area contributed by atoms with Gasteiger partial charge >= 0.3 is 0 Å². The van der Waals surface area contributed by atoms with Gasteiger partial charge < -0.3 is 15.2 Å². The molecule has 0 bridgehead atoms.